The third-order valence-electron chi connectivity index (χ3n) is 3.70. The molecule has 1 saturated heterocycles. The predicted molar refractivity (Wildman–Crippen MR) is 81.4 cm³/mol. The second kappa shape index (κ2) is 5.30. The van der Waals surface area contributed by atoms with Crippen molar-refractivity contribution in [2.45, 2.75) is 24.6 Å². The molecule has 1 aromatic carbocycles. The van der Waals surface area contributed by atoms with Crippen LogP contribution < -0.4 is 5.32 Å². The van der Waals surface area contributed by atoms with Gasteiger partial charge in [0.2, 0.25) is 5.91 Å². The summed E-state index contributed by atoms with van der Waals surface area (Å²) in [6.45, 7) is 2.73. The molecule has 2 unspecified atom stereocenters. The van der Waals surface area contributed by atoms with E-state index in [0.29, 0.717) is 28.1 Å². The summed E-state index contributed by atoms with van der Waals surface area (Å²) in [6.07, 6.45) is 0.720. The van der Waals surface area contributed by atoms with Crippen molar-refractivity contribution in [2.75, 3.05) is 17.6 Å². The number of benzene rings is 1. The van der Waals surface area contributed by atoms with E-state index in [1.165, 1.54) is 0 Å². The van der Waals surface area contributed by atoms with Crippen LogP contribution in [-0.4, -0.2) is 40.3 Å². The van der Waals surface area contributed by atoms with E-state index in [9.17, 15) is 9.59 Å². The molecule has 2 aliphatic heterocycles. The molecule has 2 heterocycles. The molecule has 20 heavy (non-hydrogen) atoms. The van der Waals surface area contributed by atoms with Crippen LogP contribution in [0.5, 0.6) is 0 Å². The molecule has 4 nitrogen and oxygen atoms in total. The lowest BCUT2D eigenvalue weighted by atomic mass is 10.1. The van der Waals surface area contributed by atoms with Gasteiger partial charge in [-0.2, -0.15) is 11.8 Å². The van der Waals surface area contributed by atoms with E-state index in [1.54, 1.807) is 34.9 Å². The predicted octanol–water partition coefficient (Wildman–Crippen LogP) is 2.63. The fourth-order valence-electron chi connectivity index (χ4n) is 2.80. The molecule has 2 aliphatic rings. The van der Waals surface area contributed by atoms with E-state index in [-0.39, 0.29) is 17.9 Å². The fraction of sp³-hybridized carbons (Fsp3) is 0.429. The molecule has 2 atom stereocenters. The lowest BCUT2D eigenvalue weighted by molar-refractivity contribution is -0.119. The highest BCUT2D eigenvalue weighted by molar-refractivity contribution is 7.99. The van der Waals surface area contributed by atoms with Crippen LogP contribution in [0, 0.1) is 0 Å². The Hall–Kier alpha value is -1.20. The van der Waals surface area contributed by atoms with Gasteiger partial charge in [-0.3, -0.25) is 9.59 Å². The van der Waals surface area contributed by atoms with Crippen LogP contribution in [-0.2, 0) is 4.79 Å². The molecule has 2 amide bonds. The SMILES string of the molecule is CCSC1CC2C(=O)Nc3cc(Cl)ccc3C(=O)N2C1. The maximum Gasteiger partial charge on any atom is 0.256 e. The number of nitrogens with zero attached hydrogens (tertiary/aromatic N) is 1. The number of anilines is 1. The number of halogens is 1. The zero-order chi connectivity index (χ0) is 14.3. The van der Waals surface area contributed by atoms with Crippen LogP contribution in [0.2, 0.25) is 5.02 Å². The summed E-state index contributed by atoms with van der Waals surface area (Å²) in [7, 11) is 0. The highest BCUT2D eigenvalue weighted by Crippen LogP contribution is 2.34. The number of thioether (sulfide) groups is 1. The Labute approximate surface area is 126 Å². The quantitative estimate of drug-likeness (QED) is 0.913. The lowest BCUT2D eigenvalue weighted by Crippen LogP contribution is -2.40. The van der Waals surface area contributed by atoms with Crippen molar-refractivity contribution >= 4 is 40.9 Å². The van der Waals surface area contributed by atoms with Gasteiger partial charge in [0.05, 0.1) is 11.3 Å². The van der Waals surface area contributed by atoms with Gasteiger partial charge in [-0.25, -0.2) is 0 Å². The highest BCUT2D eigenvalue weighted by Gasteiger charge is 2.42. The van der Waals surface area contributed by atoms with Crippen molar-refractivity contribution in [3.05, 3.63) is 28.8 Å². The topological polar surface area (TPSA) is 49.4 Å². The minimum Gasteiger partial charge on any atom is -0.325 e. The number of amides is 2. The smallest absolute Gasteiger partial charge is 0.256 e. The van der Waals surface area contributed by atoms with Crippen molar-refractivity contribution in [1.82, 2.24) is 4.90 Å². The molecule has 0 radical (unpaired) electrons. The van der Waals surface area contributed by atoms with E-state index in [0.717, 1.165) is 12.2 Å². The van der Waals surface area contributed by atoms with E-state index < -0.39 is 0 Å². The lowest BCUT2D eigenvalue weighted by Gasteiger charge is -2.19. The first kappa shape index (κ1) is 13.8. The molecule has 1 fully saturated rings. The third-order valence-corrected chi connectivity index (χ3v) is 5.08. The van der Waals surface area contributed by atoms with E-state index >= 15 is 0 Å². The largest absolute Gasteiger partial charge is 0.325 e. The summed E-state index contributed by atoms with van der Waals surface area (Å²) < 4.78 is 0. The van der Waals surface area contributed by atoms with E-state index in [1.807, 2.05) is 0 Å². The third kappa shape index (κ3) is 2.29. The normalized spacial score (nSPS) is 25.0. The van der Waals surface area contributed by atoms with Crippen molar-refractivity contribution < 1.29 is 9.59 Å². The first-order valence-corrected chi connectivity index (χ1v) is 8.05. The molecule has 3 rings (SSSR count). The van der Waals surface area contributed by atoms with Gasteiger partial charge in [0.25, 0.3) is 5.91 Å². The summed E-state index contributed by atoms with van der Waals surface area (Å²) in [5.41, 5.74) is 1.04. The zero-order valence-electron chi connectivity index (χ0n) is 11.1. The van der Waals surface area contributed by atoms with Crippen LogP contribution in [0.1, 0.15) is 23.7 Å². The summed E-state index contributed by atoms with van der Waals surface area (Å²) in [6, 6.07) is 4.63. The Morgan fingerprint density at radius 1 is 1.45 bits per heavy atom. The van der Waals surface area contributed by atoms with Crippen LogP contribution in [0.3, 0.4) is 0 Å². The molecule has 0 spiro atoms. The Balaban J connectivity index is 1.96. The summed E-state index contributed by atoms with van der Waals surface area (Å²) in [5.74, 6) is 0.797. The van der Waals surface area contributed by atoms with Crippen LogP contribution in [0.25, 0.3) is 0 Å². The van der Waals surface area contributed by atoms with Crippen molar-refractivity contribution in [3.63, 3.8) is 0 Å². The van der Waals surface area contributed by atoms with Gasteiger partial charge in [-0.15, -0.1) is 0 Å². The second-order valence-electron chi connectivity index (χ2n) is 4.97. The standard InChI is InChI=1S/C14H15ClN2O2S/c1-2-20-9-6-12-13(18)16-11-5-8(15)3-4-10(11)14(19)17(12)7-9/h3-5,9,12H,2,6-7H2,1H3,(H,16,18). The monoisotopic (exact) mass is 310 g/mol. The Kier molecular flexibility index (Phi) is 3.65. The molecule has 0 bridgehead atoms. The van der Waals surface area contributed by atoms with Gasteiger partial charge in [0.15, 0.2) is 0 Å². The molecular weight excluding hydrogens is 296 g/mol. The number of nitrogens with one attached hydrogen (secondary N) is 1. The molecule has 6 heteroatoms. The van der Waals surface area contributed by atoms with Gasteiger partial charge in [0, 0.05) is 16.8 Å². The van der Waals surface area contributed by atoms with Crippen molar-refractivity contribution in [3.8, 4) is 0 Å². The first-order chi connectivity index (χ1) is 9.60. The number of carbonyl (C=O) groups excluding carboxylic acids is 2. The molecule has 0 aliphatic carbocycles. The van der Waals surface area contributed by atoms with Crippen LogP contribution in [0.15, 0.2) is 18.2 Å². The molecule has 0 aromatic heterocycles. The number of carbonyl (C=O) groups is 2. The maximum absolute atomic E-state index is 12.6. The minimum absolute atomic E-state index is 0.0841. The summed E-state index contributed by atoms with van der Waals surface area (Å²) >= 11 is 7.74. The Bertz CT molecular complexity index is 578. The summed E-state index contributed by atoms with van der Waals surface area (Å²) in [5, 5.41) is 3.69. The van der Waals surface area contributed by atoms with Crippen molar-refractivity contribution in [2.24, 2.45) is 0 Å². The zero-order valence-corrected chi connectivity index (χ0v) is 12.6. The van der Waals surface area contributed by atoms with Gasteiger partial charge in [0.1, 0.15) is 6.04 Å². The van der Waals surface area contributed by atoms with Crippen LogP contribution >= 0.6 is 23.4 Å². The maximum atomic E-state index is 12.6. The Morgan fingerprint density at radius 3 is 3.00 bits per heavy atom. The summed E-state index contributed by atoms with van der Waals surface area (Å²) in [4.78, 5) is 26.6. The first-order valence-electron chi connectivity index (χ1n) is 6.63. The average Bonchev–Trinajstić information content (AvgIpc) is 2.79. The number of hydrogen-bond donors (Lipinski definition) is 1. The number of hydrogen-bond acceptors (Lipinski definition) is 3. The van der Waals surface area contributed by atoms with Gasteiger partial charge in [-0.1, -0.05) is 18.5 Å². The number of fused-ring (bicyclic) bond motifs is 2. The second-order valence-corrected chi connectivity index (χ2v) is 6.98. The average molecular weight is 311 g/mol. The van der Waals surface area contributed by atoms with E-state index in [2.05, 4.69) is 12.2 Å². The van der Waals surface area contributed by atoms with Gasteiger partial charge >= 0.3 is 0 Å². The van der Waals surface area contributed by atoms with Gasteiger partial charge in [-0.05, 0) is 30.4 Å². The molecule has 0 saturated carbocycles. The van der Waals surface area contributed by atoms with Gasteiger partial charge < -0.3 is 10.2 Å². The molecule has 106 valence electrons. The van der Waals surface area contributed by atoms with Crippen molar-refractivity contribution in [1.29, 1.82) is 0 Å². The van der Waals surface area contributed by atoms with Crippen LogP contribution in [0.4, 0.5) is 5.69 Å². The molecule has 1 aromatic rings. The highest BCUT2D eigenvalue weighted by atomic mass is 35.5. The molecule has 1 N–H and O–H groups in total. The van der Waals surface area contributed by atoms with E-state index in [4.69, 9.17) is 11.6 Å². The Morgan fingerprint density at radius 2 is 2.25 bits per heavy atom. The molecular formula is C14H15ClN2O2S. The fourth-order valence-corrected chi connectivity index (χ4v) is 4.03. The number of rotatable bonds is 2. The minimum atomic E-state index is -0.363.